The van der Waals surface area contributed by atoms with Crippen LogP contribution in [0.1, 0.15) is 20.8 Å². The Labute approximate surface area is 86.6 Å². The number of hydrogen-bond donors (Lipinski definition) is 1. The van der Waals surface area contributed by atoms with Gasteiger partial charge in [0, 0.05) is 33.1 Å². The average molecular weight is 202 g/mol. The summed E-state index contributed by atoms with van der Waals surface area (Å²) in [6.07, 6.45) is 0. The van der Waals surface area contributed by atoms with Gasteiger partial charge in [-0.25, -0.2) is 0 Å². The second kappa shape index (κ2) is 8.97. The van der Waals surface area contributed by atoms with Crippen LogP contribution >= 0.6 is 0 Å². The van der Waals surface area contributed by atoms with Crippen molar-refractivity contribution in [1.29, 1.82) is 0 Å². The van der Waals surface area contributed by atoms with Gasteiger partial charge in [0.15, 0.2) is 0 Å². The van der Waals surface area contributed by atoms with Gasteiger partial charge in [-0.1, -0.05) is 6.92 Å². The number of nitrogens with zero attached hydrogens (tertiary/aromatic N) is 1. The molecule has 4 nitrogen and oxygen atoms in total. The molecule has 1 rings (SSSR count). The third-order valence-corrected chi connectivity index (χ3v) is 2.00. The molecule has 0 saturated carbocycles. The van der Waals surface area contributed by atoms with E-state index in [0.29, 0.717) is 6.61 Å². The highest BCUT2D eigenvalue weighted by Gasteiger charge is 2.04. The van der Waals surface area contributed by atoms with Gasteiger partial charge in [-0.3, -0.25) is 4.79 Å². The van der Waals surface area contributed by atoms with E-state index in [9.17, 15) is 4.79 Å². The van der Waals surface area contributed by atoms with Gasteiger partial charge in [0.05, 0.1) is 6.61 Å². The minimum Gasteiger partial charge on any atom is -0.466 e. The van der Waals surface area contributed by atoms with Crippen molar-refractivity contribution in [1.82, 2.24) is 10.2 Å². The molecular weight excluding hydrogens is 180 g/mol. The molecule has 4 heteroatoms. The van der Waals surface area contributed by atoms with Gasteiger partial charge in [0.1, 0.15) is 0 Å². The SMILES string of the molecule is CCN1CCNCC1.CCOC(C)=O. The summed E-state index contributed by atoms with van der Waals surface area (Å²) < 4.78 is 4.40. The lowest BCUT2D eigenvalue weighted by Crippen LogP contribution is -2.43. The first kappa shape index (κ1) is 13.4. The van der Waals surface area contributed by atoms with Crippen molar-refractivity contribution in [2.24, 2.45) is 0 Å². The zero-order chi connectivity index (χ0) is 10.8. The molecule has 0 aromatic rings. The van der Waals surface area contributed by atoms with E-state index in [2.05, 4.69) is 21.9 Å². The van der Waals surface area contributed by atoms with Crippen LogP contribution in [0.4, 0.5) is 0 Å². The summed E-state index contributed by atoms with van der Waals surface area (Å²) in [7, 11) is 0. The fourth-order valence-corrected chi connectivity index (χ4v) is 1.23. The van der Waals surface area contributed by atoms with Crippen molar-refractivity contribution in [2.75, 3.05) is 39.3 Å². The number of rotatable bonds is 2. The van der Waals surface area contributed by atoms with E-state index in [1.54, 1.807) is 6.92 Å². The summed E-state index contributed by atoms with van der Waals surface area (Å²) in [5.41, 5.74) is 0. The minimum absolute atomic E-state index is 0.211. The maximum atomic E-state index is 9.82. The van der Waals surface area contributed by atoms with E-state index in [0.717, 1.165) is 0 Å². The van der Waals surface area contributed by atoms with E-state index in [-0.39, 0.29) is 5.97 Å². The average Bonchev–Trinajstić information content (AvgIpc) is 2.20. The molecule has 0 aromatic carbocycles. The number of ether oxygens (including phenoxy) is 1. The maximum Gasteiger partial charge on any atom is 0.302 e. The Bertz CT molecular complexity index is 145. The third kappa shape index (κ3) is 8.01. The molecular formula is C10H22N2O2. The van der Waals surface area contributed by atoms with E-state index >= 15 is 0 Å². The van der Waals surface area contributed by atoms with Crippen LogP contribution < -0.4 is 5.32 Å². The minimum atomic E-state index is -0.211. The summed E-state index contributed by atoms with van der Waals surface area (Å²) in [6.45, 7) is 11.9. The standard InChI is InChI=1S/C6H14N2.C4H8O2/c1-2-8-5-3-7-4-6-8;1-3-6-4(2)5/h7H,2-6H2,1H3;3H2,1-2H3. The third-order valence-electron chi connectivity index (χ3n) is 2.00. The van der Waals surface area contributed by atoms with E-state index in [1.807, 2.05) is 0 Å². The topological polar surface area (TPSA) is 41.6 Å². The van der Waals surface area contributed by atoms with Gasteiger partial charge in [-0.05, 0) is 13.5 Å². The first-order chi connectivity index (χ1) is 6.70. The molecule has 1 aliphatic heterocycles. The Hall–Kier alpha value is -0.610. The number of esters is 1. The van der Waals surface area contributed by atoms with E-state index in [4.69, 9.17) is 0 Å². The predicted molar refractivity (Wildman–Crippen MR) is 57.3 cm³/mol. The first-order valence-electron chi connectivity index (χ1n) is 5.27. The molecule has 0 bridgehead atoms. The second-order valence-corrected chi connectivity index (χ2v) is 3.11. The van der Waals surface area contributed by atoms with Gasteiger partial charge in [-0.15, -0.1) is 0 Å². The smallest absolute Gasteiger partial charge is 0.302 e. The molecule has 0 unspecified atom stereocenters. The first-order valence-corrected chi connectivity index (χ1v) is 5.27. The number of hydrogen-bond acceptors (Lipinski definition) is 4. The van der Waals surface area contributed by atoms with Crippen LogP contribution in [0.15, 0.2) is 0 Å². The normalized spacial score (nSPS) is 16.8. The number of carbonyl (C=O) groups is 1. The van der Waals surface area contributed by atoms with Gasteiger partial charge < -0.3 is 15.0 Å². The van der Waals surface area contributed by atoms with Gasteiger partial charge in [-0.2, -0.15) is 0 Å². The van der Waals surface area contributed by atoms with E-state index in [1.165, 1.54) is 39.6 Å². The van der Waals surface area contributed by atoms with Gasteiger partial charge in [0.2, 0.25) is 0 Å². The molecule has 1 heterocycles. The van der Waals surface area contributed by atoms with Crippen molar-refractivity contribution in [3.05, 3.63) is 0 Å². The molecule has 0 aliphatic carbocycles. The predicted octanol–water partition coefficient (Wildman–Crippen LogP) is 0.481. The molecule has 1 fully saturated rings. The number of piperazine rings is 1. The zero-order valence-electron chi connectivity index (χ0n) is 9.51. The highest BCUT2D eigenvalue weighted by Crippen LogP contribution is 1.88. The van der Waals surface area contributed by atoms with Crippen LogP contribution in [0.5, 0.6) is 0 Å². The van der Waals surface area contributed by atoms with Crippen LogP contribution in [-0.4, -0.2) is 50.2 Å². The molecule has 0 spiro atoms. The van der Waals surface area contributed by atoms with Gasteiger partial charge >= 0.3 is 5.97 Å². The second-order valence-electron chi connectivity index (χ2n) is 3.11. The van der Waals surface area contributed by atoms with Crippen molar-refractivity contribution in [3.8, 4) is 0 Å². The fraction of sp³-hybridized carbons (Fsp3) is 0.900. The summed E-state index contributed by atoms with van der Waals surface area (Å²) in [4.78, 5) is 12.3. The van der Waals surface area contributed by atoms with Crippen molar-refractivity contribution < 1.29 is 9.53 Å². The largest absolute Gasteiger partial charge is 0.466 e. The van der Waals surface area contributed by atoms with Crippen LogP contribution in [0, 0.1) is 0 Å². The fourth-order valence-electron chi connectivity index (χ4n) is 1.23. The molecule has 1 aliphatic rings. The van der Waals surface area contributed by atoms with Crippen LogP contribution in [0.25, 0.3) is 0 Å². The van der Waals surface area contributed by atoms with Gasteiger partial charge in [0.25, 0.3) is 0 Å². The molecule has 1 saturated heterocycles. The van der Waals surface area contributed by atoms with Crippen LogP contribution in [0.3, 0.4) is 0 Å². The quantitative estimate of drug-likeness (QED) is 0.661. The summed E-state index contributed by atoms with van der Waals surface area (Å²) in [6, 6.07) is 0. The Morgan fingerprint density at radius 2 is 1.93 bits per heavy atom. The highest BCUT2D eigenvalue weighted by atomic mass is 16.5. The molecule has 1 N–H and O–H groups in total. The molecule has 0 radical (unpaired) electrons. The molecule has 14 heavy (non-hydrogen) atoms. The Balaban J connectivity index is 0.000000255. The lowest BCUT2D eigenvalue weighted by Gasteiger charge is -2.25. The lowest BCUT2D eigenvalue weighted by molar-refractivity contribution is -0.140. The Morgan fingerprint density at radius 3 is 2.14 bits per heavy atom. The van der Waals surface area contributed by atoms with Crippen molar-refractivity contribution in [3.63, 3.8) is 0 Å². The zero-order valence-corrected chi connectivity index (χ0v) is 9.51. The number of likely N-dealkylation sites (N-methyl/N-ethyl adjacent to an activating group) is 1. The summed E-state index contributed by atoms with van der Waals surface area (Å²) in [5, 5.41) is 3.31. The highest BCUT2D eigenvalue weighted by molar-refractivity contribution is 5.65. The summed E-state index contributed by atoms with van der Waals surface area (Å²) >= 11 is 0. The maximum absolute atomic E-state index is 9.82. The molecule has 0 atom stereocenters. The molecule has 0 aromatic heterocycles. The van der Waals surface area contributed by atoms with Crippen LogP contribution in [0.2, 0.25) is 0 Å². The monoisotopic (exact) mass is 202 g/mol. The number of carbonyl (C=O) groups excluding carboxylic acids is 1. The number of nitrogens with one attached hydrogen (secondary N) is 1. The lowest BCUT2D eigenvalue weighted by atomic mass is 10.4. The van der Waals surface area contributed by atoms with Crippen LogP contribution in [-0.2, 0) is 9.53 Å². The van der Waals surface area contributed by atoms with E-state index < -0.39 is 0 Å². The van der Waals surface area contributed by atoms with Crippen molar-refractivity contribution >= 4 is 5.97 Å². The molecule has 84 valence electrons. The summed E-state index contributed by atoms with van der Waals surface area (Å²) in [5.74, 6) is -0.211. The molecule has 0 amide bonds. The Morgan fingerprint density at radius 1 is 1.36 bits per heavy atom. The van der Waals surface area contributed by atoms with Crippen molar-refractivity contribution in [2.45, 2.75) is 20.8 Å². The Kier molecular flexibility index (Phi) is 8.57.